The molecule has 0 bridgehead atoms. The number of anilines is 2. The Morgan fingerprint density at radius 2 is 1.96 bits per heavy atom. The summed E-state index contributed by atoms with van der Waals surface area (Å²) in [6, 6.07) is 10.5. The first kappa shape index (κ1) is 16.7. The summed E-state index contributed by atoms with van der Waals surface area (Å²) in [4.78, 5) is 11.3. The largest absolute Gasteiger partial charge is 0.383 e. The number of hydrogen-bond acceptors (Lipinski definition) is 7. The van der Waals surface area contributed by atoms with Crippen LogP contribution in [0.1, 0.15) is 30.2 Å². The van der Waals surface area contributed by atoms with E-state index in [4.69, 9.17) is 5.73 Å². The van der Waals surface area contributed by atoms with Gasteiger partial charge in [0.15, 0.2) is 11.5 Å². The fourth-order valence-corrected chi connectivity index (χ4v) is 3.84. The second kappa shape index (κ2) is 6.29. The van der Waals surface area contributed by atoms with Crippen LogP contribution in [0.5, 0.6) is 0 Å². The second-order valence-corrected chi connectivity index (χ2v) is 7.21. The fourth-order valence-electron chi connectivity index (χ4n) is 3.84. The van der Waals surface area contributed by atoms with Gasteiger partial charge in [0.1, 0.15) is 11.6 Å². The standard InChI is InChI=1S/C19H21N9/c1-12-10-27(19-22-17(20)14-9-21-26(2)18(14)23-19)11-16-25-24-15(28(12)16)8-13-6-4-3-5-7-13/h3-7,9,12H,8,10-11H2,1-2H3,(H2,20,22,23)/t12-/m0/s1. The van der Waals surface area contributed by atoms with Gasteiger partial charge in [0, 0.05) is 20.0 Å². The lowest BCUT2D eigenvalue weighted by Gasteiger charge is -2.32. The smallest absolute Gasteiger partial charge is 0.229 e. The molecule has 4 aromatic rings. The van der Waals surface area contributed by atoms with Crippen LogP contribution in [0.2, 0.25) is 0 Å². The van der Waals surface area contributed by atoms with Crippen LogP contribution in [0.3, 0.4) is 0 Å². The number of nitrogens with two attached hydrogens (primary N) is 1. The third kappa shape index (κ3) is 2.67. The van der Waals surface area contributed by atoms with E-state index in [1.807, 2.05) is 25.2 Å². The average molecular weight is 375 g/mol. The van der Waals surface area contributed by atoms with Gasteiger partial charge in [0.2, 0.25) is 5.95 Å². The highest BCUT2D eigenvalue weighted by Crippen LogP contribution is 2.27. The third-order valence-corrected chi connectivity index (χ3v) is 5.19. The molecule has 1 aliphatic rings. The van der Waals surface area contributed by atoms with E-state index in [2.05, 4.69) is 53.8 Å². The molecule has 0 saturated carbocycles. The Bertz CT molecular complexity index is 1150. The Balaban J connectivity index is 1.47. The van der Waals surface area contributed by atoms with Crippen LogP contribution in [0.25, 0.3) is 11.0 Å². The number of nitrogens with zero attached hydrogens (tertiary/aromatic N) is 8. The first-order chi connectivity index (χ1) is 13.6. The summed E-state index contributed by atoms with van der Waals surface area (Å²) in [6.07, 6.45) is 2.46. The van der Waals surface area contributed by atoms with Crippen molar-refractivity contribution in [3.63, 3.8) is 0 Å². The molecule has 3 aromatic heterocycles. The Morgan fingerprint density at radius 1 is 1.14 bits per heavy atom. The highest BCUT2D eigenvalue weighted by molar-refractivity contribution is 5.86. The summed E-state index contributed by atoms with van der Waals surface area (Å²) >= 11 is 0. The van der Waals surface area contributed by atoms with Crippen molar-refractivity contribution in [1.29, 1.82) is 0 Å². The zero-order valence-electron chi connectivity index (χ0n) is 15.8. The van der Waals surface area contributed by atoms with E-state index in [-0.39, 0.29) is 6.04 Å². The number of aryl methyl sites for hydroxylation is 1. The number of fused-ring (bicyclic) bond motifs is 2. The molecule has 0 unspecified atom stereocenters. The molecule has 0 saturated heterocycles. The van der Waals surface area contributed by atoms with E-state index in [0.29, 0.717) is 18.3 Å². The molecule has 0 aliphatic carbocycles. The SMILES string of the molecule is C[C@H]1CN(c2nc(N)c3cnn(C)c3n2)Cc2nnc(Cc3ccccc3)n21. The summed E-state index contributed by atoms with van der Waals surface area (Å²) in [5.74, 6) is 2.93. The Morgan fingerprint density at radius 3 is 2.79 bits per heavy atom. The molecular weight excluding hydrogens is 354 g/mol. The molecule has 1 aromatic carbocycles. The van der Waals surface area contributed by atoms with Crippen molar-refractivity contribution in [2.45, 2.75) is 25.9 Å². The molecule has 0 amide bonds. The molecule has 2 N–H and O–H groups in total. The maximum atomic E-state index is 6.13. The summed E-state index contributed by atoms with van der Waals surface area (Å²) in [7, 11) is 1.85. The predicted octanol–water partition coefficient (Wildman–Crippen LogP) is 1.71. The highest BCUT2D eigenvalue weighted by Gasteiger charge is 2.28. The summed E-state index contributed by atoms with van der Waals surface area (Å²) in [6.45, 7) is 3.52. The van der Waals surface area contributed by atoms with Gasteiger partial charge < -0.3 is 15.2 Å². The van der Waals surface area contributed by atoms with Gasteiger partial charge in [-0.15, -0.1) is 10.2 Å². The van der Waals surface area contributed by atoms with E-state index in [0.717, 1.165) is 35.6 Å². The summed E-state index contributed by atoms with van der Waals surface area (Å²) in [5, 5.41) is 13.9. The highest BCUT2D eigenvalue weighted by atomic mass is 15.4. The molecule has 0 radical (unpaired) electrons. The molecule has 1 atom stereocenters. The van der Waals surface area contributed by atoms with Crippen LogP contribution >= 0.6 is 0 Å². The van der Waals surface area contributed by atoms with Crippen molar-refractivity contribution in [2.24, 2.45) is 7.05 Å². The summed E-state index contributed by atoms with van der Waals surface area (Å²) in [5.41, 5.74) is 8.09. The summed E-state index contributed by atoms with van der Waals surface area (Å²) < 4.78 is 3.94. The topological polar surface area (TPSA) is 104 Å². The van der Waals surface area contributed by atoms with Gasteiger partial charge in [-0.25, -0.2) is 0 Å². The van der Waals surface area contributed by atoms with Gasteiger partial charge in [-0.1, -0.05) is 30.3 Å². The normalized spacial score (nSPS) is 16.5. The van der Waals surface area contributed by atoms with Crippen molar-refractivity contribution in [2.75, 3.05) is 17.2 Å². The van der Waals surface area contributed by atoms with E-state index in [9.17, 15) is 0 Å². The predicted molar refractivity (Wildman–Crippen MR) is 106 cm³/mol. The zero-order valence-corrected chi connectivity index (χ0v) is 15.8. The van der Waals surface area contributed by atoms with Crippen LogP contribution in [0, 0.1) is 0 Å². The van der Waals surface area contributed by atoms with E-state index < -0.39 is 0 Å². The average Bonchev–Trinajstić information content (AvgIpc) is 3.27. The van der Waals surface area contributed by atoms with Gasteiger partial charge in [-0.2, -0.15) is 15.1 Å². The number of rotatable bonds is 3. The first-order valence-corrected chi connectivity index (χ1v) is 9.27. The number of benzene rings is 1. The molecule has 0 fully saturated rings. The monoisotopic (exact) mass is 375 g/mol. The molecule has 1 aliphatic heterocycles. The maximum absolute atomic E-state index is 6.13. The minimum Gasteiger partial charge on any atom is -0.383 e. The molecular formula is C19H21N9. The first-order valence-electron chi connectivity index (χ1n) is 9.27. The van der Waals surface area contributed by atoms with Gasteiger partial charge in [0.05, 0.1) is 24.2 Å². The van der Waals surface area contributed by atoms with Crippen molar-refractivity contribution in [3.8, 4) is 0 Å². The Hall–Kier alpha value is -3.49. The Labute approximate surface area is 161 Å². The molecule has 142 valence electrons. The molecule has 4 heterocycles. The van der Waals surface area contributed by atoms with Crippen LogP contribution < -0.4 is 10.6 Å². The van der Waals surface area contributed by atoms with Crippen molar-refractivity contribution in [1.82, 2.24) is 34.5 Å². The third-order valence-electron chi connectivity index (χ3n) is 5.19. The van der Waals surface area contributed by atoms with Gasteiger partial charge >= 0.3 is 0 Å². The number of nitrogen functional groups attached to an aromatic ring is 1. The van der Waals surface area contributed by atoms with Crippen molar-refractivity contribution < 1.29 is 0 Å². The maximum Gasteiger partial charge on any atom is 0.229 e. The van der Waals surface area contributed by atoms with Crippen LogP contribution in [-0.2, 0) is 20.0 Å². The minimum absolute atomic E-state index is 0.199. The van der Waals surface area contributed by atoms with Crippen molar-refractivity contribution in [3.05, 3.63) is 53.7 Å². The number of aromatic nitrogens is 7. The molecule has 28 heavy (non-hydrogen) atoms. The van der Waals surface area contributed by atoms with E-state index >= 15 is 0 Å². The van der Waals surface area contributed by atoms with Crippen molar-refractivity contribution >= 4 is 22.8 Å². The van der Waals surface area contributed by atoms with Crippen LogP contribution in [0.4, 0.5) is 11.8 Å². The molecule has 9 nitrogen and oxygen atoms in total. The van der Waals surface area contributed by atoms with Gasteiger partial charge in [-0.3, -0.25) is 4.68 Å². The zero-order chi connectivity index (χ0) is 19.3. The molecule has 5 rings (SSSR count). The second-order valence-electron chi connectivity index (χ2n) is 7.21. The lowest BCUT2D eigenvalue weighted by molar-refractivity contribution is 0.447. The lowest BCUT2D eigenvalue weighted by Crippen LogP contribution is -2.38. The van der Waals surface area contributed by atoms with E-state index in [1.54, 1.807) is 10.9 Å². The quantitative estimate of drug-likeness (QED) is 0.581. The lowest BCUT2D eigenvalue weighted by atomic mass is 10.1. The fraction of sp³-hybridized carbons (Fsp3) is 0.316. The molecule has 0 spiro atoms. The van der Waals surface area contributed by atoms with Crippen LogP contribution in [-0.4, -0.2) is 41.1 Å². The van der Waals surface area contributed by atoms with Crippen LogP contribution in [0.15, 0.2) is 36.5 Å². The van der Waals surface area contributed by atoms with Gasteiger partial charge in [0.25, 0.3) is 0 Å². The number of hydrogen-bond donors (Lipinski definition) is 1. The Kier molecular flexibility index (Phi) is 3.75. The molecule has 9 heteroatoms. The minimum atomic E-state index is 0.199. The van der Waals surface area contributed by atoms with Gasteiger partial charge in [-0.05, 0) is 12.5 Å². The van der Waals surface area contributed by atoms with E-state index in [1.165, 1.54) is 5.56 Å².